The Kier molecular flexibility index (Phi) is 6.11. The van der Waals surface area contributed by atoms with Gasteiger partial charge in [0.25, 0.3) is 5.91 Å². The molecule has 2 rings (SSSR count). The molecule has 2 aromatic rings. The normalized spacial score (nSPS) is 10.3. The Balaban J connectivity index is 1.89. The zero-order valence-electron chi connectivity index (χ0n) is 15.1. The number of nitrogens with zero attached hydrogens (tertiary/aromatic N) is 1. The Morgan fingerprint density at radius 3 is 2.15 bits per heavy atom. The van der Waals surface area contributed by atoms with Gasteiger partial charge in [-0.05, 0) is 54.8 Å². The van der Waals surface area contributed by atoms with Gasteiger partial charge in [0, 0.05) is 19.2 Å². The van der Waals surface area contributed by atoms with Gasteiger partial charge < -0.3 is 15.3 Å². The zero-order chi connectivity index (χ0) is 19.3. The van der Waals surface area contributed by atoms with Crippen LogP contribution in [0.5, 0.6) is 0 Å². The largest absolute Gasteiger partial charge is 0.478 e. The topological polar surface area (TPSA) is 86.7 Å². The van der Waals surface area contributed by atoms with Crippen LogP contribution in [0, 0.1) is 13.8 Å². The van der Waals surface area contributed by atoms with Crippen molar-refractivity contribution in [3.8, 4) is 0 Å². The molecule has 2 N–H and O–H groups in total. The molecular formula is C20H22N2O4. The van der Waals surface area contributed by atoms with Gasteiger partial charge in [0.15, 0.2) is 0 Å². The van der Waals surface area contributed by atoms with Crippen LogP contribution >= 0.6 is 0 Å². The molecule has 0 unspecified atom stereocenters. The van der Waals surface area contributed by atoms with Crippen LogP contribution in [0.4, 0.5) is 0 Å². The van der Waals surface area contributed by atoms with Crippen molar-refractivity contribution in [1.82, 2.24) is 10.2 Å². The first-order chi connectivity index (χ1) is 12.3. The molecule has 6 heteroatoms. The molecule has 0 bridgehead atoms. The number of hydrogen-bond donors (Lipinski definition) is 2. The maximum absolute atomic E-state index is 12.2. The molecule has 2 amide bonds. The number of carboxylic acid groups (broad SMARTS) is 1. The van der Waals surface area contributed by atoms with E-state index in [1.807, 2.05) is 19.9 Å². The van der Waals surface area contributed by atoms with Crippen LogP contribution in [0.1, 0.15) is 37.4 Å². The highest BCUT2D eigenvalue weighted by Gasteiger charge is 2.13. The van der Waals surface area contributed by atoms with Gasteiger partial charge in [-0.3, -0.25) is 9.59 Å². The van der Waals surface area contributed by atoms with Gasteiger partial charge >= 0.3 is 5.97 Å². The summed E-state index contributed by atoms with van der Waals surface area (Å²) in [6.07, 6.45) is 0. The summed E-state index contributed by atoms with van der Waals surface area (Å²) in [5, 5.41) is 11.5. The monoisotopic (exact) mass is 354 g/mol. The SMILES string of the molecule is Cc1ccc(C(=O)NCC(=O)N(C)Cc2ccc(C(=O)O)cc2)cc1C. The summed E-state index contributed by atoms with van der Waals surface area (Å²) in [5.74, 6) is -1.51. The Hall–Kier alpha value is -3.15. The molecule has 0 heterocycles. The lowest BCUT2D eigenvalue weighted by Crippen LogP contribution is -2.37. The Labute approximate surface area is 152 Å². The van der Waals surface area contributed by atoms with Crippen LogP contribution in [0.25, 0.3) is 0 Å². The third kappa shape index (κ3) is 4.92. The van der Waals surface area contributed by atoms with Crippen molar-refractivity contribution in [2.75, 3.05) is 13.6 Å². The molecule has 0 fully saturated rings. The Morgan fingerprint density at radius 2 is 1.58 bits per heavy atom. The van der Waals surface area contributed by atoms with Gasteiger partial charge in [-0.1, -0.05) is 18.2 Å². The fraction of sp³-hybridized carbons (Fsp3) is 0.250. The van der Waals surface area contributed by atoms with E-state index in [9.17, 15) is 14.4 Å². The molecule has 0 aromatic heterocycles. The van der Waals surface area contributed by atoms with E-state index in [0.717, 1.165) is 16.7 Å². The van der Waals surface area contributed by atoms with E-state index in [0.29, 0.717) is 12.1 Å². The molecule has 26 heavy (non-hydrogen) atoms. The number of amides is 2. The highest BCUT2D eigenvalue weighted by molar-refractivity contribution is 5.96. The fourth-order valence-electron chi connectivity index (χ4n) is 2.39. The second-order valence-electron chi connectivity index (χ2n) is 6.23. The molecule has 0 aliphatic carbocycles. The first-order valence-electron chi connectivity index (χ1n) is 8.19. The lowest BCUT2D eigenvalue weighted by Gasteiger charge is -2.18. The second kappa shape index (κ2) is 8.29. The van der Waals surface area contributed by atoms with Crippen molar-refractivity contribution < 1.29 is 19.5 Å². The molecule has 0 aliphatic heterocycles. The quantitative estimate of drug-likeness (QED) is 0.834. The van der Waals surface area contributed by atoms with Crippen molar-refractivity contribution in [1.29, 1.82) is 0 Å². The predicted octanol–water partition coefficient (Wildman–Crippen LogP) is 2.39. The number of aromatic carboxylic acids is 1. The summed E-state index contributed by atoms with van der Waals surface area (Å²) < 4.78 is 0. The highest BCUT2D eigenvalue weighted by atomic mass is 16.4. The first-order valence-corrected chi connectivity index (χ1v) is 8.19. The highest BCUT2D eigenvalue weighted by Crippen LogP contribution is 2.10. The average Bonchev–Trinajstić information content (AvgIpc) is 2.62. The van der Waals surface area contributed by atoms with Gasteiger partial charge in [-0.15, -0.1) is 0 Å². The number of carboxylic acids is 1. The summed E-state index contributed by atoms with van der Waals surface area (Å²) in [7, 11) is 1.63. The van der Waals surface area contributed by atoms with Crippen LogP contribution < -0.4 is 5.32 Å². The maximum Gasteiger partial charge on any atom is 0.335 e. The van der Waals surface area contributed by atoms with Crippen molar-refractivity contribution in [2.24, 2.45) is 0 Å². The molecule has 0 saturated carbocycles. The number of rotatable bonds is 6. The molecule has 136 valence electrons. The smallest absolute Gasteiger partial charge is 0.335 e. The van der Waals surface area contributed by atoms with Gasteiger partial charge in [-0.25, -0.2) is 4.79 Å². The first kappa shape index (κ1) is 19.2. The van der Waals surface area contributed by atoms with Crippen LogP contribution in [-0.4, -0.2) is 41.4 Å². The lowest BCUT2D eigenvalue weighted by atomic mass is 10.1. The van der Waals surface area contributed by atoms with Crippen LogP contribution in [-0.2, 0) is 11.3 Å². The minimum absolute atomic E-state index is 0.102. The number of aryl methyl sites for hydroxylation is 2. The second-order valence-corrected chi connectivity index (χ2v) is 6.23. The standard InChI is InChI=1S/C20H22N2O4/c1-13-4-7-17(10-14(13)2)19(24)21-11-18(23)22(3)12-15-5-8-16(9-6-15)20(25)26/h4-10H,11-12H2,1-3H3,(H,21,24)(H,25,26). The molecule has 2 aromatic carbocycles. The number of hydrogen-bond acceptors (Lipinski definition) is 3. The average molecular weight is 354 g/mol. The molecule has 0 radical (unpaired) electrons. The zero-order valence-corrected chi connectivity index (χ0v) is 15.1. The van der Waals surface area contributed by atoms with Crippen LogP contribution in [0.2, 0.25) is 0 Å². The fourth-order valence-corrected chi connectivity index (χ4v) is 2.39. The van der Waals surface area contributed by atoms with Crippen molar-refractivity contribution >= 4 is 17.8 Å². The summed E-state index contributed by atoms with van der Waals surface area (Å²) in [5.41, 5.74) is 3.65. The minimum atomic E-state index is -0.991. The number of nitrogens with one attached hydrogen (secondary N) is 1. The summed E-state index contributed by atoms with van der Waals surface area (Å²) in [4.78, 5) is 36.7. The van der Waals surface area contributed by atoms with Gasteiger partial charge in [0.1, 0.15) is 0 Å². The Bertz CT molecular complexity index is 828. The minimum Gasteiger partial charge on any atom is -0.478 e. The molecular weight excluding hydrogens is 332 g/mol. The van der Waals surface area contributed by atoms with Crippen molar-refractivity contribution in [3.63, 3.8) is 0 Å². The van der Waals surface area contributed by atoms with E-state index >= 15 is 0 Å². The van der Waals surface area contributed by atoms with Crippen molar-refractivity contribution in [3.05, 3.63) is 70.3 Å². The van der Waals surface area contributed by atoms with E-state index in [1.54, 1.807) is 31.3 Å². The number of carbonyl (C=O) groups excluding carboxylic acids is 2. The van der Waals surface area contributed by atoms with Crippen LogP contribution in [0.3, 0.4) is 0 Å². The number of benzene rings is 2. The summed E-state index contributed by atoms with van der Waals surface area (Å²) in [6.45, 7) is 4.13. The van der Waals surface area contributed by atoms with E-state index in [1.165, 1.54) is 17.0 Å². The van der Waals surface area contributed by atoms with Crippen molar-refractivity contribution in [2.45, 2.75) is 20.4 Å². The maximum atomic E-state index is 12.2. The van der Waals surface area contributed by atoms with E-state index in [4.69, 9.17) is 5.11 Å². The summed E-state index contributed by atoms with van der Waals surface area (Å²) >= 11 is 0. The Morgan fingerprint density at radius 1 is 0.962 bits per heavy atom. The summed E-state index contributed by atoms with van der Waals surface area (Å²) in [6, 6.07) is 11.7. The third-order valence-electron chi connectivity index (χ3n) is 4.22. The predicted molar refractivity (Wildman–Crippen MR) is 98.1 cm³/mol. The molecule has 0 saturated heterocycles. The van der Waals surface area contributed by atoms with E-state index in [-0.39, 0.29) is 23.9 Å². The van der Waals surface area contributed by atoms with Gasteiger partial charge in [0.2, 0.25) is 5.91 Å². The van der Waals surface area contributed by atoms with E-state index < -0.39 is 5.97 Å². The van der Waals surface area contributed by atoms with E-state index in [2.05, 4.69) is 5.32 Å². The van der Waals surface area contributed by atoms with Gasteiger partial charge in [-0.2, -0.15) is 0 Å². The third-order valence-corrected chi connectivity index (χ3v) is 4.22. The molecule has 0 atom stereocenters. The molecule has 0 spiro atoms. The lowest BCUT2D eigenvalue weighted by molar-refractivity contribution is -0.129. The molecule has 6 nitrogen and oxygen atoms in total. The number of carbonyl (C=O) groups is 3. The molecule has 0 aliphatic rings. The van der Waals surface area contributed by atoms with Crippen LogP contribution in [0.15, 0.2) is 42.5 Å². The number of likely N-dealkylation sites (N-methyl/N-ethyl adjacent to an activating group) is 1. The van der Waals surface area contributed by atoms with Gasteiger partial charge in [0.05, 0.1) is 12.1 Å².